The zero-order chi connectivity index (χ0) is 26.6. The van der Waals surface area contributed by atoms with Gasteiger partial charge in [0.2, 0.25) is 0 Å². The van der Waals surface area contributed by atoms with E-state index in [4.69, 9.17) is 0 Å². The largest absolute Gasteiger partial charge is 0.460 e. The van der Waals surface area contributed by atoms with Crippen LogP contribution in [0, 0.1) is 5.41 Å². The molecule has 0 radical (unpaired) electrons. The molecule has 0 aromatic heterocycles. The van der Waals surface area contributed by atoms with E-state index in [1.165, 1.54) is 20.8 Å². The van der Waals surface area contributed by atoms with Gasteiger partial charge in [0.1, 0.15) is 0 Å². The summed E-state index contributed by atoms with van der Waals surface area (Å²) in [6.07, 6.45) is -11.7. The second kappa shape index (κ2) is 7.94. The minimum absolute atomic E-state index is 0.438. The van der Waals surface area contributed by atoms with Crippen molar-refractivity contribution in [2.24, 2.45) is 5.41 Å². The smallest absolute Gasteiger partial charge is 0.200 e. The lowest BCUT2D eigenvalue weighted by Gasteiger charge is -2.42. The number of alkyl halides is 17. The first kappa shape index (κ1) is 30.8. The van der Waals surface area contributed by atoms with Gasteiger partial charge in [-0.1, -0.05) is 20.8 Å². The van der Waals surface area contributed by atoms with Crippen molar-refractivity contribution in [1.82, 2.24) is 0 Å². The van der Waals surface area contributed by atoms with E-state index in [-0.39, 0.29) is 0 Å². The molecule has 0 unspecified atom stereocenters. The normalized spacial score (nSPS) is 16.5. The van der Waals surface area contributed by atoms with E-state index < -0.39 is 72.3 Å². The van der Waals surface area contributed by atoms with Crippen molar-refractivity contribution >= 4 is 0 Å². The standard InChI is InChI=1S/C15H15F17/c1-7(2,3)5-4-6-8(16,17)9(18,19)10(20,21)11(22,23)12(24,25)13(26,27)14(28,29)15(30,31)32/h4-6H2,1-3H3. The molecule has 0 N–H and O–H groups in total. The van der Waals surface area contributed by atoms with E-state index in [1.54, 1.807) is 0 Å². The lowest BCUT2D eigenvalue weighted by atomic mass is 9.85. The lowest BCUT2D eigenvalue weighted by molar-refractivity contribution is -0.461. The number of hydrogen-bond acceptors (Lipinski definition) is 0. The van der Waals surface area contributed by atoms with Crippen LogP contribution in [0.2, 0.25) is 0 Å². The van der Waals surface area contributed by atoms with Gasteiger partial charge in [-0.3, -0.25) is 0 Å². The molecule has 0 nitrogen and oxygen atoms in total. The van der Waals surface area contributed by atoms with Gasteiger partial charge in [0.25, 0.3) is 0 Å². The monoisotopic (exact) mass is 518 g/mol. The molecule has 0 amide bonds. The molecule has 0 saturated heterocycles. The minimum atomic E-state index is -8.58. The van der Waals surface area contributed by atoms with Crippen molar-refractivity contribution < 1.29 is 74.6 Å². The summed E-state index contributed by atoms with van der Waals surface area (Å²) in [5, 5.41) is 0. The van der Waals surface area contributed by atoms with E-state index in [0.29, 0.717) is 0 Å². The highest BCUT2D eigenvalue weighted by Crippen LogP contribution is 2.64. The molecule has 0 rings (SSSR count). The summed E-state index contributed by atoms with van der Waals surface area (Å²) >= 11 is 0. The quantitative estimate of drug-likeness (QED) is 0.270. The van der Waals surface area contributed by atoms with Gasteiger partial charge in [-0.2, -0.15) is 74.6 Å². The van der Waals surface area contributed by atoms with Gasteiger partial charge in [-0.05, 0) is 18.3 Å². The molecule has 0 fully saturated rings. The molecule has 0 bridgehead atoms. The predicted octanol–water partition coefficient (Wildman–Crippen LogP) is 8.21. The summed E-state index contributed by atoms with van der Waals surface area (Å²) in [5.74, 6) is -55.8. The van der Waals surface area contributed by atoms with Gasteiger partial charge in [-0.15, -0.1) is 0 Å². The van der Waals surface area contributed by atoms with Crippen LogP contribution >= 0.6 is 0 Å². The molecule has 17 heteroatoms. The van der Waals surface area contributed by atoms with E-state index >= 15 is 0 Å². The van der Waals surface area contributed by atoms with Crippen molar-refractivity contribution in [2.45, 2.75) is 87.7 Å². The molecule has 0 heterocycles. The first-order chi connectivity index (χ1) is 13.5. The van der Waals surface area contributed by atoms with Crippen LogP contribution in [0.4, 0.5) is 74.6 Å². The summed E-state index contributed by atoms with van der Waals surface area (Å²) in [6.45, 7) is 3.99. The first-order valence-corrected chi connectivity index (χ1v) is 8.17. The minimum Gasteiger partial charge on any atom is -0.200 e. The lowest BCUT2D eigenvalue weighted by Crippen LogP contribution is -2.74. The molecule has 0 aliphatic rings. The average Bonchev–Trinajstić information content (AvgIpc) is 2.50. The van der Waals surface area contributed by atoms with E-state index in [2.05, 4.69) is 0 Å². The van der Waals surface area contributed by atoms with Crippen LogP contribution in [0.3, 0.4) is 0 Å². The van der Waals surface area contributed by atoms with E-state index in [9.17, 15) is 74.6 Å². The Bertz CT molecular complexity index is 650. The Morgan fingerprint density at radius 2 is 0.656 bits per heavy atom. The van der Waals surface area contributed by atoms with Crippen LogP contribution in [0.15, 0.2) is 0 Å². The second-order valence-corrected chi connectivity index (χ2v) is 8.06. The molecule has 0 aromatic carbocycles. The maximum atomic E-state index is 13.6. The van der Waals surface area contributed by atoms with Crippen LogP contribution in [0.25, 0.3) is 0 Å². The van der Waals surface area contributed by atoms with Crippen molar-refractivity contribution in [3.8, 4) is 0 Å². The molecule has 0 spiro atoms. The SMILES string of the molecule is CC(C)(C)CCCC(F)(F)C(F)(F)C(F)(F)C(F)(F)C(F)(F)C(F)(F)C(F)(F)C(F)(F)F. The van der Waals surface area contributed by atoms with E-state index in [0.717, 1.165) is 0 Å². The molecular weight excluding hydrogens is 503 g/mol. The van der Waals surface area contributed by atoms with Crippen molar-refractivity contribution in [3.63, 3.8) is 0 Å². The Hall–Kier alpha value is -1.19. The summed E-state index contributed by atoms with van der Waals surface area (Å²) in [4.78, 5) is 0. The topological polar surface area (TPSA) is 0 Å². The molecule has 0 atom stereocenters. The highest BCUT2D eigenvalue weighted by Gasteiger charge is 2.95. The van der Waals surface area contributed by atoms with Crippen molar-refractivity contribution in [2.75, 3.05) is 0 Å². The molecule has 194 valence electrons. The number of hydrogen-bond donors (Lipinski definition) is 0. The van der Waals surface area contributed by atoms with Crippen LogP contribution in [0.1, 0.15) is 40.0 Å². The third-order valence-electron chi connectivity index (χ3n) is 4.20. The summed E-state index contributed by atoms with van der Waals surface area (Å²) < 4.78 is 222. The third kappa shape index (κ3) is 4.57. The molecule has 0 aromatic rings. The van der Waals surface area contributed by atoms with Gasteiger partial charge < -0.3 is 0 Å². The Kier molecular flexibility index (Phi) is 7.65. The van der Waals surface area contributed by atoms with Crippen molar-refractivity contribution in [3.05, 3.63) is 0 Å². The Balaban J connectivity index is 6.41. The fourth-order valence-electron chi connectivity index (χ4n) is 2.19. The van der Waals surface area contributed by atoms with Crippen LogP contribution in [0.5, 0.6) is 0 Å². The van der Waals surface area contributed by atoms with Crippen molar-refractivity contribution in [1.29, 1.82) is 0 Å². The fraction of sp³-hybridized carbons (Fsp3) is 1.00. The van der Waals surface area contributed by atoms with Crippen LogP contribution in [-0.4, -0.2) is 47.6 Å². The number of halogens is 17. The average molecular weight is 518 g/mol. The predicted molar refractivity (Wildman–Crippen MR) is 74.0 cm³/mol. The first-order valence-electron chi connectivity index (χ1n) is 8.17. The van der Waals surface area contributed by atoms with Gasteiger partial charge in [0, 0.05) is 6.42 Å². The summed E-state index contributed by atoms with van der Waals surface area (Å²) in [5.41, 5.74) is -0.907. The van der Waals surface area contributed by atoms with Gasteiger partial charge in [0.05, 0.1) is 0 Å². The van der Waals surface area contributed by atoms with Gasteiger partial charge in [0.15, 0.2) is 0 Å². The molecule has 32 heavy (non-hydrogen) atoms. The molecule has 0 saturated carbocycles. The molecular formula is C15H15F17. The molecule has 0 aliphatic heterocycles. The molecule has 0 aliphatic carbocycles. The summed E-state index contributed by atoms with van der Waals surface area (Å²) in [7, 11) is 0. The van der Waals surface area contributed by atoms with Crippen LogP contribution in [-0.2, 0) is 0 Å². The fourth-order valence-corrected chi connectivity index (χ4v) is 2.19. The van der Waals surface area contributed by atoms with Gasteiger partial charge in [-0.25, -0.2) is 0 Å². The zero-order valence-electron chi connectivity index (χ0n) is 16.0. The zero-order valence-corrected chi connectivity index (χ0v) is 16.0. The third-order valence-corrected chi connectivity index (χ3v) is 4.20. The Morgan fingerprint density at radius 1 is 0.375 bits per heavy atom. The highest BCUT2D eigenvalue weighted by molar-refractivity contribution is 5.15. The Labute approximate surface area is 169 Å². The maximum absolute atomic E-state index is 13.6. The summed E-state index contributed by atoms with van der Waals surface area (Å²) in [6, 6.07) is 0. The van der Waals surface area contributed by atoms with E-state index in [1.807, 2.05) is 0 Å². The second-order valence-electron chi connectivity index (χ2n) is 8.06. The highest BCUT2D eigenvalue weighted by atomic mass is 19.4. The number of rotatable bonds is 9. The Morgan fingerprint density at radius 3 is 0.938 bits per heavy atom. The maximum Gasteiger partial charge on any atom is 0.460 e. The van der Waals surface area contributed by atoms with Gasteiger partial charge >= 0.3 is 47.6 Å². The van der Waals surface area contributed by atoms with Crippen LogP contribution < -0.4 is 0 Å².